The van der Waals surface area contributed by atoms with Crippen molar-refractivity contribution in [1.29, 1.82) is 0 Å². The Balaban J connectivity index is 1.80. The molecule has 1 saturated heterocycles. The predicted octanol–water partition coefficient (Wildman–Crippen LogP) is 1.87. The fourth-order valence-electron chi connectivity index (χ4n) is 2.78. The Kier molecular flexibility index (Phi) is 5.71. The van der Waals surface area contributed by atoms with Crippen LogP contribution in [0.5, 0.6) is 0 Å². The van der Waals surface area contributed by atoms with E-state index in [4.69, 9.17) is 0 Å². The second-order valence-electron chi connectivity index (χ2n) is 6.30. The zero-order valence-electron chi connectivity index (χ0n) is 13.9. The fourth-order valence-corrected chi connectivity index (χ4v) is 2.78. The van der Waals surface area contributed by atoms with Gasteiger partial charge in [0, 0.05) is 25.7 Å². The summed E-state index contributed by atoms with van der Waals surface area (Å²) in [5.41, 5.74) is 1.02. The fraction of sp³-hybridized carbons (Fsp3) is 0.529. The number of nitrogens with one attached hydrogen (secondary N) is 1. The Hall–Kier alpha value is -1.95. The lowest BCUT2D eigenvalue weighted by molar-refractivity contribution is -0.134. The van der Waals surface area contributed by atoms with Crippen molar-refractivity contribution < 1.29 is 14.0 Å². The molecule has 1 aromatic rings. The van der Waals surface area contributed by atoms with Crippen molar-refractivity contribution in [3.8, 4) is 0 Å². The Morgan fingerprint density at radius 1 is 1.30 bits per heavy atom. The molecule has 0 radical (unpaired) electrons. The van der Waals surface area contributed by atoms with Gasteiger partial charge in [-0.2, -0.15) is 0 Å². The summed E-state index contributed by atoms with van der Waals surface area (Å²) < 4.78 is 13.5. The van der Waals surface area contributed by atoms with Gasteiger partial charge >= 0.3 is 0 Å². The maximum absolute atomic E-state index is 13.5. The number of hydrogen-bond donors (Lipinski definition) is 1. The van der Waals surface area contributed by atoms with Crippen LogP contribution >= 0.6 is 0 Å². The van der Waals surface area contributed by atoms with E-state index >= 15 is 0 Å². The molecule has 0 aliphatic carbocycles. The zero-order valence-corrected chi connectivity index (χ0v) is 13.9. The van der Waals surface area contributed by atoms with E-state index in [-0.39, 0.29) is 30.1 Å². The molecule has 0 unspecified atom stereocenters. The molecule has 0 aromatic heterocycles. The highest BCUT2D eigenvalue weighted by Gasteiger charge is 2.26. The van der Waals surface area contributed by atoms with E-state index in [1.165, 1.54) is 6.07 Å². The van der Waals surface area contributed by atoms with Gasteiger partial charge in [-0.15, -0.1) is 0 Å². The van der Waals surface area contributed by atoms with Gasteiger partial charge in [0.1, 0.15) is 5.82 Å². The van der Waals surface area contributed by atoms with Gasteiger partial charge in [-0.25, -0.2) is 4.39 Å². The van der Waals surface area contributed by atoms with E-state index in [0.717, 1.165) is 25.9 Å². The van der Waals surface area contributed by atoms with Gasteiger partial charge in [0.2, 0.25) is 11.8 Å². The van der Waals surface area contributed by atoms with Crippen LogP contribution in [0.15, 0.2) is 18.2 Å². The number of aryl methyl sites for hydroxylation is 1. The average molecular weight is 321 g/mol. The normalized spacial score (nSPS) is 16.2. The van der Waals surface area contributed by atoms with Gasteiger partial charge in [-0.05, 0) is 50.6 Å². The molecule has 6 heteroatoms. The summed E-state index contributed by atoms with van der Waals surface area (Å²) in [6, 6.07) is 4.66. The van der Waals surface area contributed by atoms with Crippen LogP contribution in [-0.2, 0) is 9.59 Å². The van der Waals surface area contributed by atoms with Gasteiger partial charge in [0.15, 0.2) is 0 Å². The van der Waals surface area contributed by atoms with E-state index in [1.807, 2.05) is 4.90 Å². The van der Waals surface area contributed by atoms with Crippen molar-refractivity contribution in [1.82, 2.24) is 9.80 Å². The summed E-state index contributed by atoms with van der Waals surface area (Å²) in [4.78, 5) is 27.6. The smallest absolute Gasteiger partial charge is 0.238 e. The number of hydrogen-bond acceptors (Lipinski definition) is 3. The molecule has 0 spiro atoms. The maximum Gasteiger partial charge on any atom is 0.238 e. The topological polar surface area (TPSA) is 52.7 Å². The van der Waals surface area contributed by atoms with Crippen LogP contribution in [0.25, 0.3) is 0 Å². The Morgan fingerprint density at radius 3 is 2.52 bits per heavy atom. The molecule has 1 aliphatic heterocycles. The molecule has 1 N–H and O–H groups in total. The minimum Gasteiger partial charge on any atom is -0.349 e. The maximum atomic E-state index is 13.5. The van der Waals surface area contributed by atoms with Crippen molar-refractivity contribution >= 4 is 17.5 Å². The van der Waals surface area contributed by atoms with Crippen molar-refractivity contribution in [2.45, 2.75) is 19.8 Å². The van der Waals surface area contributed by atoms with Crippen LogP contribution in [0.2, 0.25) is 0 Å². The lowest BCUT2D eigenvalue weighted by Gasteiger charge is -2.31. The third-order valence-electron chi connectivity index (χ3n) is 4.20. The molecular weight excluding hydrogens is 297 g/mol. The number of likely N-dealkylation sites (tertiary alicyclic amines) is 1. The molecule has 1 heterocycles. The van der Waals surface area contributed by atoms with Crippen LogP contribution in [0.1, 0.15) is 18.4 Å². The second-order valence-corrected chi connectivity index (χ2v) is 6.30. The molecule has 126 valence electrons. The van der Waals surface area contributed by atoms with Gasteiger partial charge in [-0.3, -0.25) is 14.5 Å². The lowest BCUT2D eigenvalue weighted by atomic mass is 9.95. The first kappa shape index (κ1) is 17.4. The lowest BCUT2D eigenvalue weighted by Crippen LogP contribution is -2.43. The number of carbonyl (C=O) groups is 2. The number of carbonyl (C=O) groups excluding carboxylic acids is 2. The molecule has 1 fully saturated rings. The second kappa shape index (κ2) is 7.55. The van der Waals surface area contributed by atoms with Gasteiger partial charge in [0.25, 0.3) is 0 Å². The standard InChI is InChI=1S/C17H24FN3O2/c1-12-4-5-14(10-15(12)18)19-16(22)11-21-8-6-13(7-9-21)17(23)20(2)3/h4-5,10,13H,6-9,11H2,1-3H3,(H,19,22). The number of amides is 2. The van der Waals surface area contributed by atoms with Crippen LogP contribution in [-0.4, -0.2) is 55.3 Å². The van der Waals surface area contributed by atoms with E-state index in [9.17, 15) is 14.0 Å². The average Bonchev–Trinajstić information content (AvgIpc) is 2.51. The first-order chi connectivity index (χ1) is 10.9. The number of anilines is 1. The van der Waals surface area contributed by atoms with E-state index in [1.54, 1.807) is 38.1 Å². The van der Waals surface area contributed by atoms with Crippen molar-refractivity contribution in [3.63, 3.8) is 0 Å². The van der Waals surface area contributed by atoms with Crippen molar-refractivity contribution in [3.05, 3.63) is 29.6 Å². The monoisotopic (exact) mass is 321 g/mol. The van der Waals surface area contributed by atoms with Crippen LogP contribution in [0.3, 0.4) is 0 Å². The largest absolute Gasteiger partial charge is 0.349 e. The summed E-state index contributed by atoms with van der Waals surface area (Å²) in [6.07, 6.45) is 1.53. The summed E-state index contributed by atoms with van der Waals surface area (Å²) in [6.45, 7) is 3.39. The number of benzene rings is 1. The number of halogens is 1. The van der Waals surface area contributed by atoms with Gasteiger partial charge in [-0.1, -0.05) is 6.07 Å². The molecule has 23 heavy (non-hydrogen) atoms. The highest BCUT2D eigenvalue weighted by Crippen LogP contribution is 2.19. The Bertz CT molecular complexity index is 581. The van der Waals surface area contributed by atoms with E-state index in [0.29, 0.717) is 11.3 Å². The summed E-state index contributed by atoms with van der Waals surface area (Å²) in [5, 5.41) is 2.71. The van der Waals surface area contributed by atoms with Crippen molar-refractivity contribution in [2.24, 2.45) is 5.92 Å². The van der Waals surface area contributed by atoms with Crippen molar-refractivity contribution in [2.75, 3.05) is 39.0 Å². The molecule has 0 bridgehead atoms. The third kappa shape index (κ3) is 4.76. The minimum atomic E-state index is -0.328. The minimum absolute atomic E-state index is 0.0514. The number of nitrogens with zero attached hydrogens (tertiary/aromatic N) is 2. The highest BCUT2D eigenvalue weighted by atomic mass is 19.1. The first-order valence-corrected chi connectivity index (χ1v) is 7.86. The Morgan fingerprint density at radius 2 is 1.96 bits per heavy atom. The predicted molar refractivity (Wildman–Crippen MR) is 87.6 cm³/mol. The SMILES string of the molecule is Cc1ccc(NC(=O)CN2CCC(C(=O)N(C)C)CC2)cc1F. The first-order valence-electron chi connectivity index (χ1n) is 7.86. The van der Waals surface area contributed by atoms with Gasteiger partial charge < -0.3 is 10.2 Å². The number of piperidine rings is 1. The van der Waals surface area contributed by atoms with Crippen LogP contribution in [0, 0.1) is 18.7 Å². The van der Waals surface area contributed by atoms with Gasteiger partial charge in [0.05, 0.1) is 6.54 Å². The third-order valence-corrected chi connectivity index (χ3v) is 4.20. The van der Waals surface area contributed by atoms with E-state index in [2.05, 4.69) is 5.32 Å². The molecule has 2 amide bonds. The molecule has 1 aliphatic rings. The van der Waals surface area contributed by atoms with Crippen LogP contribution < -0.4 is 5.32 Å². The number of rotatable bonds is 4. The summed E-state index contributed by atoms with van der Waals surface area (Å²) >= 11 is 0. The quantitative estimate of drug-likeness (QED) is 0.921. The molecule has 1 aromatic carbocycles. The summed E-state index contributed by atoms with van der Waals surface area (Å²) in [5.74, 6) is -0.281. The molecule has 5 nitrogen and oxygen atoms in total. The molecule has 2 rings (SSSR count). The zero-order chi connectivity index (χ0) is 17.0. The van der Waals surface area contributed by atoms with Crippen LogP contribution in [0.4, 0.5) is 10.1 Å². The highest BCUT2D eigenvalue weighted by molar-refractivity contribution is 5.92. The summed E-state index contributed by atoms with van der Waals surface area (Å²) in [7, 11) is 3.53. The molecule has 0 atom stereocenters. The van der Waals surface area contributed by atoms with E-state index < -0.39 is 0 Å². The molecule has 0 saturated carbocycles. The Labute approximate surface area is 136 Å². The molecular formula is C17H24FN3O2.